The molecule has 0 amide bonds. The SMILES string of the molecule is CN=C(NCc1cccc(N2CC=CC2)c1)NCC(C)Oc1ccccc1F.I. The number of rotatable bonds is 7. The van der Waals surface area contributed by atoms with Gasteiger partial charge in [-0.15, -0.1) is 24.0 Å². The number of nitrogens with one attached hydrogen (secondary N) is 2. The number of aliphatic imine (C=N–C) groups is 1. The molecule has 2 aromatic rings. The zero-order valence-corrected chi connectivity index (χ0v) is 19.1. The molecule has 0 spiro atoms. The summed E-state index contributed by atoms with van der Waals surface area (Å²) in [5, 5.41) is 6.53. The quantitative estimate of drug-likeness (QED) is 0.257. The van der Waals surface area contributed by atoms with Crippen molar-refractivity contribution in [3.8, 4) is 5.75 Å². The summed E-state index contributed by atoms with van der Waals surface area (Å²) in [6.07, 6.45) is 4.16. The Balaban J connectivity index is 0.00000300. The molecule has 2 aromatic carbocycles. The second-order valence-corrected chi connectivity index (χ2v) is 6.71. The van der Waals surface area contributed by atoms with E-state index in [0.717, 1.165) is 13.1 Å². The molecule has 0 radical (unpaired) electrons. The van der Waals surface area contributed by atoms with Crippen LogP contribution in [0.2, 0.25) is 0 Å². The number of ether oxygens (including phenoxy) is 1. The molecule has 1 atom stereocenters. The van der Waals surface area contributed by atoms with Crippen molar-refractivity contribution in [3.63, 3.8) is 0 Å². The van der Waals surface area contributed by atoms with Gasteiger partial charge in [0, 0.05) is 32.4 Å². The second-order valence-electron chi connectivity index (χ2n) is 6.71. The average Bonchev–Trinajstić information content (AvgIpc) is 3.25. The monoisotopic (exact) mass is 510 g/mol. The Kier molecular flexibility index (Phi) is 9.24. The number of para-hydroxylation sites is 1. The largest absolute Gasteiger partial charge is 0.486 e. The fourth-order valence-electron chi connectivity index (χ4n) is 3.00. The van der Waals surface area contributed by atoms with E-state index in [1.807, 2.05) is 6.92 Å². The molecule has 0 saturated carbocycles. The number of hydrogen-bond donors (Lipinski definition) is 2. The van der Waals surface area contributed by atoms with E-state index in [0.29, 0.717) is 19.0 Å². The molecule has 0 bridgehead atoms. The van der Waals surface area contributed by atoms with E-state index < -0.39 is 0 Å². The summed E-state index contributed by atoms with van der Waals surface area (Å²) in [6, 6.07) is 14.9. The Labute approximate surface area is 189 Å². The van der Waals surface area contributed by atoms with Crippen molar-refractivity contribution in [1.29, 1.82) is 0 Å². The molecule has 1 unspecified atom stereocenters. The molecule has 3 rings (SSSR count). The average molecular weight is 510 g/mol. The molecule has 0 fully saturated rings. The van der Waals surface area contributed by atoms with Gasteiger partial charge in [0.1, 0.15) is 6.10 Å². The summed E-state index contributed by atoms with van der Waals surface area (Å²) >= 11 is 0. The third-order valence-corrected chi connectivity index (χ3v) is 4.50. The molecule has 29 heavy (non-hydrogen) atoms. The van der Waals surface area contributed by atoms with Crippen molar-refractivity contribution in [3.05, 3.63) is 72.1 Å². The smallest absolute Gasteiger partial charge is 0.191 e. The lowest BCUT2D eigenvalue weighted by atomic mass is 10.2. The molecule has 1 aliphatic rings. The van der Waals surface area contributed by atoms with Gasteiger partial charge < -0.3 is 20.3 Å². The van der Waals surface area contributed by atoms with E-state index in [1.165, 1.54) is 17.3 Å². The minimum absolute atomic E-state index is 0. The minimum atomic E-state index is -0.357. The molecular weight excluding hydrogens is 482 g/mol. The normalized spacial score (nSPS) is 14.3. The number of nitrogens with zero attached hydrogens (tertiary/aromatic N) is 2. The molecule has 156 valence electrons. The van der Waals surface area contributed by atoms with Crippen LogP contribution in [0.1, 0.15) is 12.5 Å². The van der Waals surface area contributed by atoms with Gasteiger partial charge >= 0.3 is 0 Å². The summed E-state index contributed by atoms with van der Waals surface area (Å²) in [4.78, 5) is 6.56. The molecule has 0 saturated heterocycles. The van der Waals surface area contributed by atoms with Crippen LogP contribution in [-0.4, -0.2) is 38.7 Å². The molecule has 7 heteroatoms. The highest BCUT2D eigenvalue weighted by Crippen LogP contribution is 2.18. The van der Waals surface area contributed by atoms with Crippen LogP contribution in [-0.2, 0) is 6.54 Å². The number of benzene rings is 2. The molecule has 0 aliphatic carbocycles. The Morgan fingerprint density at radius 1 is 1.14 bits per heavy atom. The summed E-state index contributed by atoms with van der Waals surface area (Å²) in [5.74, 6) is 0.579. The Bertz CT molecular complexity index is 835. The highest BCUT2D eigenvalue weighted by atomic mass is 127. The van der Waals surface area contributed by atoms with Gasteiger partial charge in [-0.3, -0.25) is 4.99 Å². The lowest BCUT2D eigenvalue weighted by Gasteiger charge is -2.20. The summed E-state index contributed by atoms with van der Waals surface area (Å²) in [7, 11) is 1.73. The zero-order valence-electron chi connectivity index (χ0n) is 16.8. The van der Waals surface area contributed by atoms with Crippen molar-refractivity contribution in [2.75, 3.05) is 31.6 Å². The van der Waals surface area contributed by atoms with Gasteiger partial charge in [0.25, 0.3) is 0 Å². The van der Waals surface area contributed by atoms with Crippen LogP contribution in [0.25, 0.3) is 0 Å². The van der Waals surface area contributed by atoms with E-state index in [2.05, 4.69) is 56.9 Å². The van der Waals surface area contributed by atoms with Gasteiger partial charge in [-0.1, -0.05) is 36.4 Å². The predicted molar refractivity (Wildman–Crippen MR) is 128 cm³/mol. The minimum Gasteiger partial charge on any atom is -0.486 e. The Hall–Kier alpha value is -2.29. The lowest BCUT2D eigenvalue weighted by molar-refractivity contribution is 0.214. The first-order chi connectivity index (χ1) is 13.7. The van der Waals surface area contributed by atoms with Gasteiger partial charge in [0.2, 0.25) is 0 Å². The first-order valence-electron chi connectivity index (χ1n) is 9.50. The van der Waals surface area contributed by atoms with Gasteiger partial charge in [0.05, 0.1) is 6.54 Å². The van der Waals surface area contributed by atoms with Gasteiger partial charge in [-0.25, -0.2) is 4.39 Å². The first kappa shape index (κ1) is 23.0. The third-order valence-electron chi connectivity index (χ3n) is 4.50. The van der Waals surface area contributed by atoms with Gasteiger partial charge in [-0.2, -0.15) is 0 Å². The number of anilines is 1. The van der Waals surface area contributed by atoms with E-state index in [9.17, 15) is 4.39 Å². The fourth-order valence-corrected chi connectivity index (χ4v) is 3.00. The van der Waals surface area contributed by atoms with Crippen molar-refractivity contribution < 1.29 is 9.13 Å². The van der Waals surface area contributed by atoms with Crippen LogP contribution in [0, 0.1) is 5.82 Å². The highest BCUT2D eigenvalue weighted by Gasteiger charge is 2.10. The number of guanidine groups is 1. The van der Waals surface area contributed by atoms with Crippen LogP contribution >= 0.6 is 24.0 Å². The first-order valence-corrected chi connectivity index (χ1v) is 9.50. The predicted octanol–water partition coefficient (Wildman–Crippen LogP) is 3.95. The summed E-state index contributed by atoms with van der Waals surface area (Å²) in [5.41, 5.74) is 2.40. The summed E-state index contributed by atoms with van der Waals surface area (Å²) < 4.78 is 19.3. The van der Waals surface area contributed by atoms with E-state index in [4.69, 9.17) is 4.74 Å². The van der Waals surface area contributed by atoms with E-state index in [-0.39, 0.29) is 41.6 Å². The molecular formula is C22H28FIN4O. The van der Waals surface area contributed by atoms with Gasteiger partial charge in [0.15, 0.2) is 17.5 Å². The van der Waals surface area contributed by atoms with Crippen molar-refractivity contribution in [1.82, 2.24) is 10.6 Å². The Morgan fingerprint density at radius 3 is 2.62 bits per heavy atom. The van der Waals surface area contributed by atoms with Crippen molar-refractivity contribution >= 4 is 35.6 Å². The topological polar surface area (TPSA) is 48.9 Å². The maximum Gasteiger partial charge on any atom is 0.191 e. The highest BCUT2D eigenvalue weighted by molar-refractivity contribution is 14.0. The van der Waals surface area contributed by atoms with Crippen LogP contribution < -0.4 is 20.3 Å². The van der Waals surface area contributed by atoms with E-state index in [1.54, 1.807) is 25.2 Å². The Morgan fingerprint density at radius 2 is 1.90 bits per heavy atom. The third kappa shape index (κ3) is 6.92. The van der Waals surface area contributed by atoms with Crippen molar-refractivity contribution in [2.45, 2.75) is 19.6 Å². The fraction of sp³-hybridized carbons (Fsp3) is 0.318. The molecule has 5 nitrogen and oxygen atoms in total. The molecule has 1 heterocycles. The summed E-state index contributed by atoms with van der Waals surface area (Å²) in [6.45, 7) is 4.98. The molecule has 0 aromatic heterocycles. The number of hydrogen-bond acceptors (Lipinski definition) is 3. The molecule has 2 N–H and O–H groups in total. The maximum atomic E-state index is 13.7. The van der Waals surface area contributed by atoms with Crippen LogP contribution in [0.3, 0.4) is 0 Å². The van der Waals surface area contributed by atoms with Crippen molar-refractivity contribution in [2.24, 2.45) is 4.99 Å². The van der Waals surface area contributed by atoms with Gasteiger partial charge in [-0.05, 0) is 36.8 Å². The standard InChI is InChI=1S/C22H27FN4O.HI/c1-17(28-21-11-4-3-10-20(21)23)15-25-22(24-2)26-16-18-8-7-9-19(14-18)27-12-5-6-13-27;/h3-11,14,17H,12-13,15-16H2,1-2H3,(H2,24,25,26);1H. The second kappa shape index (κ2) is 11.6. The van der Waals surface area contributed by atoms with Crippen LogP contribution in [0.15, 0.2) is 65.7 Å². The molecule has 1 aliphatic heterocycles. The lowest BCUT2D eigenvalue weighted by Crippen LogP contribution is -2.41. The van der Waals surface area contributed by atoms with E-state index >= 15 is 0 Å². The zero-order chi connectivity index (χ0) is 19.8. The van der Waals surface area contributed by atoms with Crippen LogP contribution in [0.5, 0.6) is 5.75 Å². The van der Waals surface area contributed by atoms with Crippen LogP contribution in [0.4, 0.5) is 10.1 Å². The maximum absolute atomic E-state index is 13.7. The number of halogens is 2.